The highest BCUT2D eigenvalue weighted by molar-refractivity contribution is 7.14. The predicted octanol–water partition coefficient (Wildman–Crippen LogP) is 3.23. The van der Waals surface area contributed by atoms with Crippen molar-refractivity contribution in [2.45, 2.75) is 26.2 Å². The zero-order valence-electron chi connectivity index (χ0n) is 14.1. The molecule has 1 aliphatic carbocycles. The molecule has 2 aromatic heterocycles. The number of carbonyl (C=O) groups is 1. The molecule has 1 aliphatic heterocycles. The molecule has 1 amide bonds. The second kappa shape index (κ2) is 6.55. The summed E-state index contributed by atoms with van der Waals surface area (Å²) < 4.78 is 0. The summed E-state index contributed by atoms with van der Waals surface area (Å²) in [5.41, 5.74) is 2.61. The largest absolute Gasteiger partial charge is 0.368 e. The van der Waals surface area contributed by atoms with E-state index in [1.807, 2.05) is 29.4 Å². The van der Waals surface area contributed by atoms with Crippen molar-refractivity contribution < 1.29 is 4.79 Å². The summed E-state index contributed by atoms with van der Waals surface area (Å²) >= 11 is 1.72. The van der Waals surface area contributed by atoms with E-state index >= 15 is 0 Å². The van der Waals surface area contributed by atoms with E-state index in [2.05, 4.69) is 22.9 Å². The molecule has 2 aliphatic rings. The van der Waals surface area contributed by atoms with Gasteiger partial charge in [-0.1, -0.05) is 6.92 Å². The number of aromatic nitrogens is 1. The number of nitrogens with zero attached hydrogens (tertiary/aromatic N) is 3. The van der Waals surface area contributed by atoms with Gasteiger partial charge >= 0.3 is 0 Å². The van der Waals surface area contributed by atoms with Crippen molar-refractivity contribution in [3.63, 3.8) is 0 Å². The minimum Gasteiger partial charge on any atom is -0.368 e. The molecule has 1 fully saturated rings. The van der Waals surface area contributed by atoms with Gasteiger partial charge in [0.25, 0.3) is 5.91 Å². The Bertz CT molecular complexity index is 719. The smallest absolute Gasteiger partial charge is 0.264 e. The highest BCUT2D eigenvalue weighted by Gasteiger charge is 2.26. The van der Waals surface area contributed by atoms with Crippen molar-refractivity contribution in [2.24, 2.45) is 5.92 Å². The summed E-state index contributed by atoms with van der Waals surface area (Å²) in [5, 5.41) is 0. The van der Waals surface area contributed by atoms with Gasteiger partial charge in [0.15, 0.2) is 0 Å². The van der Waals surface area contributed by atoms with Crippen LogP contribution in [0.1, 0.15) is 33.5 Å². The zero-order chi connectivity index (χ0) is 16.5. The molecular weight excluding hydrogens is 318 g/mol. The van der Waals surface area contributed by atoms with E-state index in [1.165, 1.54) is 22.5 Å². The maximum Gasteiger partial charge on any atom is 0.264 e. The van der Waals surface area contributed by atoms with E-state index in [0.717, 1.165) is 49.8 Å². The molecule has 0 radical (unpaired) electrons. The van der Waals surface area contributed by atoms with Crippen LogP contribution < -0.4 is 4.90 Å². The van der Waals surface area contributed by atoms with Gasteiger partial charge in [-0.05, 0) is 48.9 Å². The number of piperazine rings is 1. The first-order valence-electron chi connectivity index (χ1n) is 8.76. The third-order valence-electron chi connectivity index (χ3n) is 5.13. The fraction of sp³-hybridized carbons (Fsp3) is 0.474. The Hall–Kier alpha value is -1.88. The molecule has 0 saturated carbocycles. The van der Waals surface area contributed by atoms with Crippen LogP contribution >= 0.6 is 11.3 Å². The standard InChI is InChI=1S/C19H23N3OS/c1-14-2-3-17-15(12-14)13-18(24-17)19(23)22-10-8-21(9-11-22)16-4-6-20-7-5-16/h4-7,13-14H,2-3,8-12H2,1H3/t14-/m0/s1. The number of aryl methyl sites for hydroxylation is 1. The van der Waals surface area contributed by atoms with Gasteiger partial charge in [-0.2, -0.15) is 0 Å². The molecule has 0 spiro atoms. The molecule has 1 saturated heterocycles. The van der Waals surface area contributed by atoms with Crippen molar-refractivity contribution in [1.82, 2.24) is 9.88 Å². The number of rotatable bonds is 2. The molecule has 2 aromatic rings. The second-order valence-corrected chi connectivity index (χ2v) is 8.03. The lowest BCUT2D eigenvalue weighted by Crippen LogP contribution is -2.48. The molecule has 0 unspecified atom stereocenters. The van der Waals surface area contributed by atoms with E-state index in [-0.39, 0.29) is 5.91 Å². The first kappa shape index (κ1) is 15.6. The summed E-state index contributed by atoms with van der Waals surface area (Å²) in [6.07, 6.45) is 7.18. The number of fused-ring (bicyclic) bond motifs is 1. The lowest BCUT2D eigenvalue weighted by Gasteiger charge is -2.35. The molecule has 0 aromatic carbocycles. The Morgan fingerprint density at radius 3 is 2.71 bits per heavy atom. The maximum atomic E-state index is 12.9. The summed E-state index contributed by atoms with van der Waals surface area (Å²) in [4.78, 5) is 23.6. The molecular formula is C19H23N3OS. The van der Waals surface area contributed by atoms with Crippen molar-refractivity contribution in [2.75, 3.05) is 31.1 Å². The molecule has 0 N–H and O–H groups in total. The molecule has 3 heterocycles. The first-order valence-corrected chi connectivity index (χ1v) is 9.58. The normalized spacial score (nSPS) is 20.8. The molecule has 4 rings (SSSR count). The van der Waals surface area contributed by atoms with Gasteiger partial charge in [0, 0.05) is 49.1 Å². The Morgan fingerprint density at radius 2 is 1.96 bits per heavy atom. The SMILES string of the molecule is C[C@H]1CCc2sc(C(=O)N3CCN(c4ccncc4)CC3)cc2C1. The van der Waals surface area contributed by atoms with Gasteiger partial charge in [-0.3, -0.25) is 9.78 Å². The van der Waals surface area contributed by atoms with E-state index in [9.17, 15) is 4.79 Å². The van der Waals surface area contributed by atoms with Crippen LogP contribution in [-0.2, 0) is 12.8 Å². The molecule has 5 heteroatoms. The van der Waals surface area contributed by atoms with Gasteiger partial charge in [0.05, 0.1) is 4.88 Å². The Morgan fingerprint density at radius 1 is 1.21 bits per heavy atom. The zero-order valence-corrected chi connectivity index (χ0v) is 14.9. The number of anilines is 1. The van der Waals surface area contributed by atoms with Gasteiger partial charge in [0.1, 0.15) is 0 Å². The van der Waals surface area contributed by atoms with Crippen LogP contribution in [0.3, 0.4) is 0 Å². The van der Waals surface area contributed by atoms with Gasteiger partial charge in [-0.25, -0.2) is 0 Å². The predicted molar refractivity (Wildman–Crippen MR) is 97.9 cm³/mol. The molecule has 24 heavy (non-hydrogen) atoms. The second-order valence-electron chi connectivity index (χ2n) is 6.89. The quantitative estimate of drug-likeness (QED) is 0.841. The maximum absolute atomic E-state index is 12.9. The lowest BCUT2D eigenvalue weighted by atomic mass is 9.90. The van der Waals surface area contributed by atoms with Crippen LogP contribution in [0.4, 0.5) is 5.69 Å². The monoisotopic (exact) mass is 341 g/mol. The summed E-state index contributed by atoms with van der Waals surface area (Å²) in [6.45, 7) is 5.66. The molecule has 4 nitrogen and oxygen atoms in total. The van der Waals surface area contributed by atoms with E-state index in [4.69, 9.17) is 0 Å². The number of carbonyl (C=O) groups excluding carboxylic acids is 1. The number of amides is 1. The average molecular weight is 341 g/mol. The highest BCUT2D eigenvalue weighted by Crippen LogP contribution is 2.33. The fourth-order valence-electron chi connectivity index (χ4n) is 3.69. The minimum absolute atomic E-state index is 0.219. The molecule has 1 atom stereocenters. The van der Waals surface area contributed by atoms with Crippen LogP contribution in [0.5, 0.6) is 0 Å². The van der Waals surface area contributed by atoms with E-state index in [0.29, 0.717) is 0 Å². The van der Waals surface area contributed by atoms with Crippen LogP contribution in [0.15, 0.2) is 30.6 Å². The Kier molecular flexibility index (Phi) is 4.27. The first-order chi connectivity index (χ1) is 11.7. The van der Waals surface area contributed by atoms with Crippen molar-refractivity contribution in [3.05, 3.63) is 45.9 Å². The topological polar surface area (TPSA) is 36.4 Å². The van der Waals surface area contributed by atoms with Crippen LogP contribution in [-0.4, -0.2) is 42.0 Å². The lowest BCUT2D eigenvalue weighted by molar-refractivity contribution is 0.0751. The number of pyridine rings is 1. The molecule has 126 valence electrons. The Balaban J connectivity index is 1.42. The van der Waals surface area contributed by atoms with E-state index in [1.54, 1.807) is 11.3 Å². The van der Waals surface area contributed by atoms with E-state index < -0.39 is 0 Å². The minimum atomic E-state index is 0.219. The van der Waals surface area contributed by atoms with Gasteiger partial charge in [-0.15, -0.1) is 11.3 Å². The van der Waals surface area contributed by atoms with Gasteiger partial charge < -0.3 is 9.80 Å². The summed E-state index contributed by atoms with van der Waals surface area (Å²) in [7, 11) is 0. The van der Waals surface area contributed by atoms with Gasteiger partial charge in [0.2, 0.25) is 0 Å². The third-order valence-corrected chi connectivity index (χ3v) is 6.36. The van der Waals surface area contributed by atoms with Crippen molar-refractivity contribution >= 4 is 22.9 Å². The van der Waals surface area contributed by atoms with Crippen LogP contribution in [0.25, 0.3) is 0 Å². The van der Waals surface area contributed by atoms with Crippen molar-refractivity contribution in [1.29, 1.82) is 0 Å². The number of thiophene rings is 1. The van der Waals surface area contributed by atoms with Crippen LogP contribution in [0, 0.1) is 5.92 Å². The number of hydrogen-bond acceptors (Lipinski definition) is 4. The molecule has 0 bridgehead atoms. The fourth-order valence-corrected chi connectivity index (χ4v) is 4.87. The summed E-state index contributed by atoms with van der Waals surface area (Å²) in [5.74, 6) is 0.968. The third kappa shape index (κ3) is 3.05. The van der Waals surface area contributed by atoms with Crippen LogP contribution in [0.2, 0.25) is 0 Å². The average Bonchev–Trinajstić information content (AvgIpc) is 3.05. The Labute approximate surface area is 147 Å². The van der Waals surface area contributed by atoms with Crippen molar-refractivity contribution in [3.8, 4) is 0 Å². The summed E-state index contributed by atoms with van der Waals surface area (Å²) in [6, 6.07) is 6.23. The number of hydrogen-bond donors (Lipinski definition) is 0. The highest BCUT2D eigenvalue weighted by atomic mass is 32.1.